The summed E-state index contributed by atoms with van der Waals surface area (Å²) in [7, 11) is 1.70. The van der Waals surface area contributed by atoms with Crippen molar-refractivity contribution in [2.75, 3.05) is 26.7 Å². The van der Waals surface area contributed by atoms with E-state index < -0.39 is 11.6 Å². The molecule has 0 aromatic heterocycles. The number of carboxylic acid groups (broad SMARTS) is 1. The number of hydrogen-bond donors (Lipinski definition) is 2. The Bertz CT molecular complexity index is 605. The molecule has 0 amide bonds. The van der Waals surface area contributed by atoms with Gasteiger partial charge in [-0.25, -0.2) is 0 Å². The van der Waals surface area contributed by atoms with Crippen LogP contribution >= 0.6 is 0 Å². The molecule has 3 atom stereocenters. The van der Waals surface area contributed by atoms with Gasteiger partial charge in [0.25, 0.3) is 0 Å². The average molecular weight is 347 g/mol. The third-order valence-corrected chi connectivity index (χ3v) is 5.94. The highest BCUT2D eigenvalue weighted by molar-refractivity contribution is 5.67. The molecule has 0 spiro atoms. The van der Waals surface area contributed by atoms with Gasteiger partial charge in [0.1, 0.15) is 5.75 Å². The monoisotopic (exact) mass is 347 g/mol. The number of likely N-dealkylation sites (tertiary alicyclic amines) is 1. The molecule has 1 saturated heterocycles. The fourth-order valence-electron chi connectivity index (χ4n) is 4.63. The highest BCUT2D eigenvalue weighted by atomic mass is 16.5. The maximum absolute atomic E-state index is 11.2. The van der Waals surface area contributed by atoms with Crippen LogP contribution in [0.1, 0.15) is 50.0 Å². The highest BCUT2D eigenvalue weighted by Crippen LogP contribution is 2.39. The topological polar surface area (TPSA) is 70.0 Å². The molecule has 5 heteroatoms. The summed E-state index contributed by atoms with van der Waals surface area (Å²) < 4.78 is 5.49. The van der Waals surface area contributed by atoms with Gasteiger partial charge in [-0.1, -0.05) is 31.0 Å². The second kappa shape index (κ2) is 7.75. The van der Waals surface area contributed by atoms with Crippen LogP contribution in [0.2, 0.25) is 0 Å². The molecule has 3 rings (SSSR count). The van der Waals surface area contributed by atoms with Crippen molar-refractivity contribution in [3.05, 3.63) is 29.8 Å². The minimum Gasteiger partial charge on any atom is -0.496 e. The number of para-hydroxylation sites is 1. The maximum Gasteiger partial charge on any atom is 0.303 e. The Labute approximate surface area is 149 Å². The fourth-order valence-corrected chi connectivity index (χ4v) is 4.63. The van der Waals surface area contributed by atoms with Crippen molar-refractivity contribution in [3.8, 4) is 5.75 Å². The summed E-state index contributed by atoms with van der Waals surface area (Å²) in [6, 6.07) is 8.14. The van der Waals surface area contributed by atoms with Crippen LogP contribution in [0.4, 0.5) is 0 Å². The number of hydrogen-bond acceptors (Lipinski definition) is 4. The Morgan fingerprint density at radius 3 is 2.88 bits per heavy atom. The van der Waals surface area contributed by atoms with Crippen LogP contribution in [-0.4, -0.2) is 53.4 Å². The van der Waals surface area contributed by atoms with Crippen molar-refractivity contribution >= 4 is 5.97 Å². The summed E-state index contributed by atoms with van der Waals surface area (Å²) >= 11 is 0. The van der Waals surface area contributed by atoms with E-state index in [4.69, 9.17) is 9.84 Å². The zero-order valence-electron chi connectivity index (χ0n) is 15.0. The smallest absolute Gasteiger partial charge is 0.303 e. The van der Waals surface area contributed by atoms with Crippen molar-refractivity contribution < 1.29 is 19.7 Å². The van der Waals surface area contributed by atoms with Crippen LogP contribution in [0.5, 0.6) is 5.75 Å². The van der Waals surface area contributed by atoms with Gasteiger partial charge in [0.15, 0.2) is 0 Å². The van der Waals surface area contributed by atoms with Gasteiger partial charge < -0.3 is 14.9 Å². The Morgan fingerprint density at radius 2 is 2.12 bits per heavy atom. The molecule has 1 aliphatic heterocycles. The third kappa shape index (κ3) is 4.15. The van der Waals surface area contributed by atoms with E-state index >= 15 is 0 Å². The first kappa shape index (κ1) is 18.2. The van der Waals surface area contributed by atoms with Crippen LogP contribution in [0.3, 0.4) is 0 Å². The number of methoxy groups -OCH3 is 1. The van der Waals surface area contributed by atoms with Gasteiger partial charge in [0, 0.05) is 19.0 Å². The normalized spacial score (nSPS) is 30.3. The first-order valence-electron chi connectivity index (χ1n) is 9.31. The minimum absolute atomic E-state index is 0.0697. The van der Waals surface area contributed by atoms with Crippen LogP contribution in [0.15, 0.2) is 24.3 Å². The molecule has 2 N–H and O–H groups in total. The zero-order valence-corrected chi connectivity index (χ0v) is 15.0. The van der Waals surface area contributed by atoms with E-state index in [0.29, 0.717) is 18.9 Å². The van der Waals surface area contributed by atoms with Crippen LogP contribution in [0, 0.1) is 5.92 Å². The van der Waals surface area contributed by atoms with Gasteiger partial charge in [-0.15, -0.1) is 0 Å². The summed E-state index contributed by atoms with van der Waals surface area (Å²) in [5.41, 5.74) is 0.358. The Kier molecular flexibility index (Phi) is 5.64. The molecule has 1 unspecified atom stereocenters. The van der Waals surface area contributed by atoms with E-state index in [1.807, 2.05) is 18.2 Å². The first-order valence-corrected chi connectivity index (χ1v) is 9.31. The Hall–Kier alpha value is -1.59. The highest BCUT2D eigenvalue weighted by Gasteiger charge is 2.42. The second-order valence-corrected chi connectivity index (χ2v) is 7.61. The van der Waals surface area contributed by atoms with Crippen molar-refractivity contribution in [1.29, 1.82) is 0 Å². The minimum atomic E-state index is -0.869. The molecule has 138 valence electrons. The Morgan fingerprint density at radius 1 is 1.32 bits per heavy atom. The molecule has 2 fully saturated rings. The summed E-state index contributed by atoms with van der Waals surface area (Å²) in [4.78, 5) is 13.5. The third-order valence-electron chi connectivity index (χ3n) is 5.94. The van der Waals surface area contributed by atoms with Gasteiger partial charge in [-0.2, -0.15) is 0 Å². The van der Waals surface area contributed by atoms with E-state index in [9.17, 15) is 9.90 Å². The van der Waals surface area contributed by atoms with E-state index in [-0.39, 0.29) is 12.3 Å². The lowest BCUT2D eigenvalue weighted by Crippen LogP contribution is -2.50. The van der Waals surface area contributed by atoms with E-state index in [2.05, 4.69) is 11.0 Å². The molecule has 25 heavy (non-hydrogen) atoms. The largest absolute Gasteiger partial charge is 0.496 e. The predicted octanol–water partition coefficient (Wildman–Crippen LogP) is 2.88. The number of aliphatic hydroxyl groups is 1. The number of aliphatic carboxylic acids is 1. The van der Waals surface area contributed by atoms with Crippen molar-refractivity contribution in [1.82, 2.24) is 4.90 Å². The van der Waals surface area contributed by atoms with Crippen LogP contribution in [-0.2, 0) is 4.79 Å². The summed E-state index contributed by atoms with van der Waals surface area (Å²) in [5, 5.41) is 20.3. The van der Waals surface area contributed by atoms with Crippen LogP contribution < -0.4 is 4.74 Å². The molecule has 1 aromatic carbocycles. The average Bonchev–Trinajstić information content (AvgIpc) is 3.04. The van der Waals surface area contributed by atoms with Crippen molar-refractivity contribution in [2.24, 2.45) is 5.92 Å². The molecule has 0 radical (unpaired) electrons. The SMILES string of the molecule is COc1ccccc1C1CCN(C[C@@]2(O)CCCC[C@@H]2CC(=O)O)C1. The number of carbonyl (C=O) groups is 1. The van der Waals surface area contributed by atoms with E-state index in [1.165, 1.54) is 5.56 Å². The number of ether oxygens (including phenoxy) is 1. The van der Waals surface area contributed by atoms with Gasteiger partial charge in [-0.05, 0) is 43.4 Å². The van der Waals surface area contributed by atoms with E-state index in [1.54, 1.807) is 7.11 Å². The number of carboxylic acids is 1. The van der Waals surface area contributed by atoms with Crippen molar-refractivity contribution in [2.45, 2.75) is 50.0 Å². The molecule has 1 saturated carbocycles. The molecule has 0 bridgehead atoms. The van der Waals surface area contributed by atoms with Gasteiger partial charge in [0.05, 0.1) is 19.1 Å². The van der Waals surface area contributed by atoms with Gasteiger partial charge >= 0.3 is 5.97 Å². The second-order valence-electron chi connectivity index (χ2n) is 7.61. The summed E-state index contributed by atoms with van der Waals surface area (Å²) in [6.07, 6.45) is 4.63. The lowest BCUT2D eigenvalue weighted by atomic mass is 9.73. The lowest BCUT2D eigenvalue weighted by molar-refractivity contribution is -0.143. The molecular weight excluding hydrogens is 318 g/mol. The van der Waals surface area contributed by atoms with Crippen LogP contribution in [0.25, 0.3) is 0 Å². The maximum atomic E-state index is 11.2. The predicted molar refractivity (Wildman–Crippen MR) is 96.0 cm³/mol. The Balaban J connectivity index is 1.66. The number of benzene rings is 1. The quantitative estimate of drug-likeness (QED) is 0.828. The number of rotatable bonds is 6. The fraction of sp³-hybridized carbons (Fsp3) is 0.650. The molecule has 1 aliphatic carbocycles. The van der Waals surface area contributed by atoms with Crippen molar-refractivity contribution in [3.63, 3.8) is 0 Å². The number of β-amino-alcohol motifs (C(OH)–C–C–N with tert-alkyl or cyclic N) is 1. The summed E-state index contributed by atoms with van der Waals surface area (Å²) in [6.45, 7) is 2.41. The first-order chi connectivity index (χ1) is 12.0. The molecule has 5 nitrogen and oxygen atoms in total. The molecular formula is C20H29NO4. The van der Waals surface area contributed by atoms with Gasteiger partial charge in [0.2, 0.25) is 0 Å². The molecule has 2 aliphatic rings. The molecule has 1 aromatic rings. The lowest BCUT2D eigenvalue weighted by Gasteiger charge is -2.42. The summed E-state index contributed by atoms with van der Waals surface area (Å²) in [5.74, 6) is 0.387. The number of nitrogens with zero attached hydrogens (tertiary/aromatic N) is 1. The van der Waals surface area contributed by atoms with E-state index in [0.717, 1.165) is 44.5 Å². The zero-order chi connectivity index (χ0) is 17.9. The standard InChI is InChI=1S/C20H29NO4/c1-25-18-8-3-2-7-17(18)15-9-11-21(13-15)14-20(24)10-5-4-6-16(20)12-19(22)23/h2-3,7-8,15-16,24H,4-6,9-14H2,1H3,(H,22,23)/t15?,16-,20+/m1/s1. The van der Waals surface area contributed by atoms with Gasteiger partial charge in [-0.3, -0.25) is 9.69 Å². The molecule has 1 heterocycles.